The van der Waals surface area contributed by atoms with Gasteiger partial charge in [-0.2, -0.15) is 15.0 Å². The molecule has 0 spiro atoms. The number of hydrogen-bond acceptors (Lipinski definition) is 50. The van der Waals surface area contributed by atoms with Crippen LogP contribution in [-0.2, 0) is 117 Å². The van der Waals surface area contributed by atoms with Crippen LogP contribution in [0.1, 0.15) is 61.2 Å². The molecule has 12 aromatic rings. The number of aliphatic hydroxyl groups excluding tert-OH is 4. The number of aliphatic hydroxyl groups is 4. The number of rotatable bonds is 7. The first-order chi connectivity index (χ1) is 64.4. The Morgan fingerprint density at radius 3 is 1.35 bits per heavy atom. The summed E-state index contributed by atoms with van der Waals surface area (Å²) < 4.78 is 174. The number of H-pyrrole nitrogens is 3. The zero-order chi connectivity index (χ0) is 96.2. The molecule has 6 bridgehead atoms. The van der Waals surface area contributed by atoms with Crippen molar-refractivity contribution in [3.05, 3.63) is 112 Å². The van der Waals surface area contributed by atoms with Gasteiger partial charge < -0.3 is 117 Å². The van der Waals surface area contributed by atoms with Gasteiger partial charge in [0.1, 0.15) is 120 Å². The Kier molecular flexibility index (Phi) is 25.5. The minimum atomic E-state index is -5.15. The van der Waals surface area contributed by atoms with Crippen LogP contribution in [0, 0.1) is 0 Å². The molecule has 71 heteroatoms. The van der Waals surface area contributed by atoms with Crippen LogP contribution in [0.5, 0.6) is 0 Å². The zero-order valence-electron chi connectivity index (χ0n) is 68.8. The number of carbonyl (C=O) groups is 1. The van der Waals surface area contributed by atoms with Crippen molar-refractivity contribution < 1.29 is 155 Å². The Morgan fingerprint density at radius 2 is 0.824 bits per heavy atom. The van der Waals surface area contributed by atoms with Crippen molar-refractivity contribution in [2.75, 3.05) is 68.3 Å². The summed E-state index contributed by atoms with van der Waals surface area (Å²) in [6.07, 6.45) is -19.0. The first-order valence-electron chi connectivity index (χ1n) is 39.9. The number of anilines is 5. The molecule has 136 heavy (non-hydrogen) atoms. The number of nitrogen functional groups attached to an aromatic ring is 5. The summed E-state index contributed by atoms with van der Waals surface area (Å²) in [5, 5.41) is 45.3. The Labute approximate surface area is 764 Å². The highest BCUT2D eigenvalue weighted by Gasteiger charge is 2.58. The largest absolute Gasteiger partial charge is 0.472 e. The van der Waals surface area contributed by atoms with Crippen LogP contribution in [-0.4, -0.2) is 296 Å². The minimum Gasteiger partial charge on any atom is -0.398 e. The van der Waals surface area contributed by atoms with Crippen molar-refractivity contribution in [1.29, 1.82) is 0 Å². The maximum absolute atomic E-state index is 13.5. The van der Waals surface area contributed by atoms with E-state index in [1.54, 1.807) is 22.9 Å². The van der Waals surface area contributed by atoms with Crippen molar-refractivity contribution >= 4 is 171 Å². The third-order valence-corrected chi connectivity index (χ3v) is 29.7. The van der Waals surface area contributed by atoms with Crippen molar-refractivity contribution in [2.24, 2.45) is 5.73 Å². The van der Waals surface area contributed by atoms with Crippen LogP contribution in [0.25, 0.3) is 66.9 Å². The predicted octanol–water partition coefficient (Wildman–Crippen LogP) is -2.54. The lowest BCUT2D eigenvalue weighted by Crippen LogP contribution is -2.42. The smallest absolute Gasteiger partial charge is 0.398 e. The first-order valence-corrected chi connectivity index (χ1v) is 51.2. The number of Topliss-reactive ketones (excluding diaryl/α,β-unsaturated/α-hetero) is 1. The molecule has 9 fully saturated rings. The summed E-state index contributed by atoms with van der Waals surface area (Å²) in [7, 11) is -20.3. The number of phosphoric acid groups is 4. The second-order valence-corrected chi connectivity index (χ2v) is 42.6. The number of nitrogens with one attached hydrogen (secondary N) is 3. The van der Waals surface area contributed by atoms with Crippen LogP contribution >= 0.6 is 57.1 Å². The van der Waals surface area contributed by atoms with E-state index in [1.165, 1.54) is 62.6 Å². The molecule has 0 aliphatic carbocycles. The Hall–Kier alpha value is -9.39. The highest BCUT2D eigenvalue weighted by Crippen LogP contribution is 2.61. The van der Waals surface area contributed by atoms with Gasteiger partial charge in [-0.1, -0.05) is 12.2 Å². The molecule has 12 aromatic heterocycles. The van der Waals surface area contributed by atoms with Crippen molar-refractivity contribution in [3.8, 4) is 0 Å². The van der Waals surface area contributed by atoms with Crippen molar-refractivity contribution in [3.63, 3.8) is 0 Å². The Bertz CT molecular complexity index is 7200. The van der Waals surface area contributed by atoms with Crippen molar-refractivity contribution in [2.45, 2.75) is 154 Å². The molecule has 730 valence electrons. The molecular weight excluding hydrogens is 1980 g/mol. The molecular formula is C65H77N27O36P6S2. The van der Waals surface area contributed by atoms with E-state index in [4.69, 9.17) is 129 Å². The monoisotopic (exact) mass is 2060 g/mol. The summed E-state index contributed by atoms with van der Waals surface area (Å²) in [5.41, 5.74) is 34.8. The van der Waals surface area contributed by atoms with E-state index in [1.807, 2.05) is 0 Å². The number of fused-ring (bicyclic) bond motifs is 15. The molecule has 0 radical (unpaired) electrons. The highest BCUT2D eigenvalue weighted by molar-refractivity contribution is 8.44. The molecule has 9 saturated heterocycles. The number of pyridine rings is 2. The molecule has 6 unspecified atom stereocenters. The van der Waals surface area contributed by atoms with E-state index >= 15 is 0 Å². The summed E-state index contributed by atoms with van der Waals surface area (Å²) in [4.78, 5) is 159. The molecule has 29 atom stereocenters. The van der Waals surface area contributed by atoms with Gasteiger partial charge in [-0.3, -0.25) is 107 Å². The number of thiol groups is 1. The highest BCUT2D eigenvalue weighted by atomic mass is 32.7. The average molecular weight is 2060 g/mol. The molecule has 63 nitrogen and oxygen atoms in total. The van der Waals surface area contributed by atoms with Gasteiger partial charge in [-0.05, 0) is 30.0 Å². The lowest BCUT2D eigenvalue weighted by atomic mass is 10.1. The van der Waals surface area contributed by atoms with Gasteiger partial charge in [0.05, 0.1) is 89.1 Å². The standard InChI is InChI=1S/C22H25N9O14P2.C22H26N8O10P2S2.C21H26N10O12P2/c1-7(32)10-11-17(25-4-24-10)30(5-26-11)20-14(34)15-9(43-20)3-41-47(38,39)45-16-13(33)8(2-40-46(36,37)44-15)42-21(16)31-6-27-12-18(31)28-22(23)29-19(12)35;23-11-1-3-25-17-10(11)2-4-29(17)21-15(31)16-13(38-21)7-36-41(33,43)39-12-5-9(6-35-42(34,44)40-16)37-20(12)30-8-26-14-18(30)27-22(24)28-19(14)32;22-7-1-2-25-16-11(7)26-5-30(16)19-13(32)14-9(41-19)4-39-45(36,37)43-15-10(23)8(3-38-44(34,35)42-14)40-20(15)31-6-27-12-17(31)28-21(24)29-18(12)33/h4-6,8-9,13-16,20-21,33-34H,2-3H2,1H3,(H,36,37)(H,38,39)(H3,23,28,29,35);1-4,8-9,12-13,15-16,20-21,31H,5-7H2,(H2,23,25)(H,33,43)(H,34,44)(H3,24,27,28,32);1-2,5-6,8-10,13-15,19-20,32H,3-4,23H2,(H2,22,25)(H,34,35)(H,36,37)(H3,24,28,29,33)/t8-,9-,13-,14-,15-,16-,20-,21-;9-,12+,13+,15+,16+,20+,21+,41?,42?;8-,9-,10-,13-,14-,15-,19-,20-/m101/s1. The summed E-state index contributed by atoms with van der Waals surface area (Å²) in [6, 6.07) is 3.60. The van der Waals surface area contributed by atoms with Crippen LogP contribution in [0.2, 0.25) is 0 Å². The molecule has 9 aliphatic rings. The quantitative estimate of drug-likeness (QED) is 0.0444. The summed E-state index contributed by atoms with van der Waals surface area (Å²) in [5.74, 6) is -1.11. The molecule has 0 amide bonds. The second-order valence-electron chi connectivity index (χ2n) is 31.3. The van der Waals surface area contributed by atoms with Crippen LogP contribution in [0.15, 0.2) is 89.1 Å². The lowest BCUT2D eigenvalue weighted by Gasteiger charge is -2.27. The van der Waals surface area contributed by atoms with Gasteiger partial charge in [-0.15, -0.1) is 0 Å². The molecule has 0 aromatic carbocycles. The van der Waals surface area contributed by atoms with E-state index in [-0.39, 0.29) is 86.9 Å². The van der Waals surface area contributed by atoms with Crippen molar-refractivity contribution in [1.82, 2.24) is 102 Å². The van der Waals surface area contributed by atoms with E-state index in [0.29, 0.717) is 27.9 Å². The molecule has 21 rings (SSSR count). The van der Waals surface area contributed by atoms with Crippen LogP contribution in [0.3, 0.4) is 0 Å². The number of phosphoric ester groups is 4. The lowest BCUT2D eigenvalue weighted by molar-refractivity contribution is -0.0672. The van der Waals surface area contributed by atoms with E-state index in [2.05, 4.69) is 87.0 Å². The van der Waals surface area contributed by atoms with E-state index < -0.39 is 241 Å². The molecule has 24 N–H and O–H groups in total. The Morgan fingerprint density at radius 1 is 0.419 bits per heavy atom. The SMILES string of the molecule is CC(=O)c1ncnc2c1ncn2[C@@H]1O[C@@H]2COP(=O)(O)O[C@@H]3[C@H](O)[C@@H](COP(=O)(O)O[C@H]2[C@H]1O)O[C@H]3n1cnc2c(=O)[nH]c(N)nc21.Nc1nc2c(ncn2[C@@H]2O[C@@H]3COP(=O)(O)O[C@H]4[C@@H](O)[C@H](n5cnc6c(N)ccnc65)O[C@@H]4COP(=O)(O)O[C@@H]2[C@@H]3N)c(=O)[nH]1.Nc1nc2c(ncn2[C@@H]2O[C@@H]3COP(O)(=S)O[C@H]4[C@@H](O)[C@H](n5ccc6c(N)ccnc65)O[C@@H]4COP(=O)(S)O[C@@H]2C3)c(=O)[nH]1. The van der Waals surface area contributed by atoms with Gasteiger partial charge in [0.25, 0.3) is 16.7 Å². The average Bonchev–Trinajstić information content (AvgIpc) is 1.61. The van der Waals surface area contributed by atoms with Gasteiger partial charge in [0.15, 0.2) is 87.9 Å². The normalized spacial score (nSPS) is 36.9. The number of ether oxygens (including phenoxy) is 6. The minimum absolute atomic E-state index is 0.00823. The molecule has 21 heterocycles. The third-order valence-electron chi connectivity index (χ3n) is 22.6. The van der Waals surface area contributed by atoms with E-state index in [0.717, 1.165) is 23.5 Å². The van der Waals surface area contributed by atoms with Crippen LogP contribution < -0.4 is 51.1 Å². The fraction of sp³-hybridized carbons (Fsp3) is 0.477. The number of imidazole rings is 5. The maximum atomic E-state index is 13.5. The first kappa shape index (κ1) is 95.5. The number of nitrogens with zero attached hydrogens (tertiary/aromatic N) is 18. The van der Waals surface area contributed by atoms with Crippen LogP contribution in [0.4, 0.5) is 29.2 Å². The number of aromatic nitrogens is 21. The van der Waals surface area contributed by atoms with E-state index in [9.17, 15) is 86.9 Å². The van der Waals surface area contributed by atoms with Gasteiger partial charge >= 0.3 is 44.8 Å². The topological polar surface area (TPSA) is 890 Å². The maximum Gasteiger partial charge on any atom is 0.472 e. The number of aromatic amines is 3. The predicted molar refractivity (Wildman–Crippen MR) is 457 cm³/mol. The second kappa shape index (κ2) is 36.4. The number of nitrogens with two attached hydrogens (primary N) is 6. The molecule has 9 aliphatic heterocycles. The van der Waals surface area contributed by atoms with Gasteiger partial charge in [-0.25, -0.2) is 67.7 Å². The fourth-order valence-electron chi connectivity index (χ4n) is 16.5. The zero-order valence-corrected chi connectivity index (χ0v) is 75.8. The summed E-state index contributed by atoms with van der Waals surface area (Å²) in [6.45, 7) is -10.8. The van der Waals surface area contributed by atoms with Gasteiger partial charge in [0.2, 0.25) is 17.8 Å². The van der Waals surface area contributed by atoms with Gasteiger partial charge in [0, 0.05) is 43.0 Å². The molecule has 0 saturated carbocycles. The number of hydrogen-bond donors (Lipinski definition) is 19. The number of carbonyl (C=O) groups excluding carboxylic acids is 1. The fourth-order valence-corrected chi connectivity index (χ4v) is 23.3. The summed E-state index contributed by atoms with van der Waals surface area (Å²) >= 11 is 9.44. The third kappa shape index (κ3) is 18.5. The Balaban J connectivity index is 0.000000131. The number of ketones is 1.